The van der Waals surface area contributed by atoms with Crippen LogP contribution < -0.4 is 5.32 Å². The van der Waals surface area contributed by atoms with Gasteiger partial charge in [-0.15, -0.1) is 0 Å². The summed E-state index contributed by atoms with van der Waals surface area (Å²) in [4.78, 5) is 19.5. The fourth-order valence-corrected chi connectivity index (χ4v) is 1.86. The van der Waals surface area contributed by atoms with Gasteiger partial charge in [0.1, 0.15) is 5.69 Å². The molecule has 1 aromatic carbocycles. The Bertz CT molecular complexity index is 636. The van der Waals surface area contributed by atoms with E-state index in [-0.39, 0.29) is 5.91 Å². The van der Waals surface area contributed by atoms with Gasteiger partial charge in [0.05, 0.1) is 6.20 Å². The highest BCUT2D eigenvalue weighted by Crippen LogP contribution is 2.11. The number of benzene rings is 1. The molecule has 2 rings (SSSR count). The van der Waals surface area contributed by atoms with Gasteiger partial charge in [0.15, 0.2) is 0 Å². The van der Waals surface area contributed by atoms with Crippen molar-refractivity contribution in [3.8, 4) is 0 Å². The fraction of sp³-hybridized carbons (Fsp3) is 0.235. The zero-order valence-corrected chi connectivity index (χ0v) is 12.3. The van der Waals surface area contributed by atoms with Gasteiger partial charge in [-0.1, -0.05) is 30.4 Å². The van der Waals surface area contributed by atoms with E-state index in [9.17, 15) is 4.79 Å². The second-order valence-electron chi connectivity index (χ2n) is 4.88. The molecular formula is C17H19N3O. The number of rotatable bonds is 5. The van der Waals surface area contributed by atoms with Crippen molar-refractivity contribution in [1.82, 2.24) is 15.3 Å². The largest absolute Gasteiger partial charge is 0.350 e. The molecule has 0 atom stereocenters. The van der Waals surface area contributed by atoms with Crippen LogP contribution >= 0.6 is 0 Å². The number of nitrogens with zero attached hydrogens (tertiary/aromatic N) is 2. The molecule has 21 heavy (non-hydrogen) atoms. The van der Waals surface area contributed by atoms with E-state index in [0.29, 0.717) is 12.2 Å². The molecule has 4 nitrogen and oxygen atoms in total. The van der Waals surface area contributed by atoms with Crippen LogP contribution in [-0.2, 0) is 0 Å². The minimum Gasteiger partial charge on any atom is -0.350 e. The lowest BCUT2D eigenvalue weighted by atomic mass is 10.1. The number of nitrogens with one attached hydrogen (secondary N) is 1. The molecule has 1 aromatic heterocycles. The number of hydrogen-bond acceptors (Lipinski definition) is 3. The smallest absolute Gasteiger partial charge is 0.271 e. The highest BCUT2D eigenvalue weighted by Gasteiger charge is 2.04. The van der Waals surface area contributed by atoms with Crippen LogP contribution in [0.5, 0.6) is 0 Å². The third kappa shape index (κ3) is 4.53. The summed E-state index contributed by atoms with van der Waals surface area (Å²) in [6, 6.07) is 6.37. The highest BCUT2D eigenvalue weighted by atomic mass is 16.1. The molecule has 4 heteroatoms. The van der Waals surface area contributed by atoms with Gasteiger partial charge in [0.2, 0.25) is 0 Å². The Kier molecular flexibility index (Phi) is 5.21. The van der Waals surface area contributed by atoms with Crippen molar-refractivity contribution in [2.45, 2.75) is 20.3 Å². The summed E-state index contributed by atoms with van der Waals surface area (Å²) in [5, 5.41) is 2.81. The normalized spacial score (nSPS) is 10.8. The third-order valence-corrected chi connectivity index (χ3v) is 3.23. The Morgan fingerprint density at radius 3 is 2.81 bits per heavy atom. The van der Waals surface area contributed by atoms with Crippen LogP contribution in [0.25, 0.3) is 6.08 Å². The summed E-state index contributed by atoms with van der Waals surface area (Å²) >= 11 is 0. The van der Waals surface area contributed by atoms with E-state index >= 15 is 0 Å². The van der Waals surface area contributed by atoms with Crippen molar-refractivity contribution >= 4 is 12.0 Å². The van der Waals surface area contributed by atoms with Gasteiger partial charge in [0.25, 0.3) is 5.91 Å². The molecule has 0 aliphatic rings. The molecule has 0 bridgehead atoms. The van der Waals surface area contributed by atoms with E-state index < -0.39 is 0 Å². The first-order valence-electron chi connectivity index (χ1n) is 6.95. The van der Waals surface area contributed by atoms with Gasteiger partial charge < -0.3 is 5.32 Å². The Morgan fingerprint density at radius 2 is 2.10 bits per heavy atom. The van der Waals surface area contributed by atoms with Gasteiger partial charge in [0, 0.05) is 18.9 Å². The Morgan fingerprint density at radius 1 is 1.24 bits per heavy atom. The molecule has 0 spiro atoms. The van der Waals surface area contributed by atoms with E-state index in [2.05, 4.69) is 59.5 Å². The molecule has 0 unspecified atom stereocenters. The van der Waals surface area contributed by atoms with Crippen molar-refractivity contribution in [3.05, 3.63) is 65.2 Å². The van der Waals surface area contributed by atoms with E-state index in [0.717, 1.165) is 6.42 Å². The van der Waals surface area contributed by atoms with Gasteiger partial charge in [-0.25, -0.2) is 4.98 Å². The molecule has 0 fully saturated rings. The van der Waals surface area contributed by atoms with E-state index in [1.165, 1.54) is 29.1 Å². The van der Waals surface area contributed by atoms with Crippen LogP contribution in [0.2, 0.25) is 0 Å². The maximum atomic E-state index is 11.7. The Hall–Kier alpha value is -2.49. The fourth-order valence-electron chi connectivity index (χ4n) is 1.86. The van der Waals surface area contributed by atoms with Crippen molar-refractivity contribution in [2.75, 3.05) is 6.54 Å². The van der Waals surface area contributed by atoms with Crippen LogP contribution in [0.15, 0.2) is 42.9 Å². The summed E-state index contributed by atoms with van der Waals surface area (Å²) in [7, 11) is 0. The lowest BCUT2D eigenvalue weighted by Gasteiger charge is -2.02. The van der Waals surface area contributed by atoms with Crippen LogP contribution in [0.4, 0.5) is 0 Å². The number of aryl methyl sites for hydroxylation is 2. The van der Waals surface area contributed by atoms with E-state index in [1.54, 1.807) is 6.20 Å². The minimum atomic E-state index is -0.192. The number of carbonyl (C=O) groups excluding carboxylic acids is 1. The van der Waals surface area contributed by atoms with Crippen LogP contribution in [-0.4, -0.2) is 22.4 Å². The topological polar surface area (TPSA) is 54.9 Å². The van der Waals surface area contributed by atoms with Gasteiger partial charge in [-0.2, -0.15) is 0 Å². The first-order valence-corrected chi connectivity index (χ1v) is 6.95. The van der Waals surface area contributed by atoms with E-state index in [1.807, 2.05) is 0 Å². The third-order valence-electron chi connectivity index (χ3n) is 3.23. The molecule has 0 saturated carbocycles. The summed E-state index contributed by atoms with van der Waals surface area (Å²) < 4.78 is 0. The average molecular weight is 281 g/mol. The molecule has 1 heterocycles. The second-order valence-corrected chi connectivity index (χ2v) is 4.88. The molecule has 2 aromatic rings. The molecule has 1 amide bonds. The molecule has 108 valence electrons. The van der Waals surface area contributed by atoms with Gasteiger partial charge in [-0.05, 0) is 37.0 Å². The standard InChI is InChI=1S/C17H19N3O/c1-13-6-7-15(11-14(13)2)5-3-4-8-20-17(21)16-12-18-9-10-19-16/h3,5-7,9-12H,4,8H2,1-2H3,(H,20,21)/b5-3+. The van der Waals surface area contributed by atoms with Gasteiger partial charge in [-0.3, -0.25) is 9.78 Å². The van der Waals surface area contributed by atoms with Crippen molar-refractivity contribution in [2.24, 2.45) is 0 Å². The quantitative estimate of drug-likeness (QED) is 0.857. The minimum absolute atomic E-state index is 0.192. The van der Waals surface area contributed by atoms with E-state index in [4.69, 9.17) is 0 Å². The molecular weight excluding hydrogens is 262 g/mol. The molecule has 0 aliphatic heterocycles. The number of amides is 1. The number of hydrogen-bond donors (Lipinski definition) is 1. The first kappa shape index (κ1) is 14.9. The summed E-state index contributed by atoms with van der Waals surface area (Å²) in [6.45, 7) is 4.79. The van der Waals surface area contributed by atoms with Crippen molar-refractivity contribution < 1.29 is 4.79 Å². The number of aromatic nitrogens is 2. The van der Waals surface area contributed by atoms with Crippen LogP contribution in [0.1, 0.15) is 33.6 Å². The zero-order valence-electron chi connectivity index (χ0n) is 12.3. The zero-order chi connectivity index (χ0) is 15.1. The Labute approximate surface area is 125 Å². The average Bonchev–Trinajstić information content (AvgIpc) is 2.51. The molecule has 1 N–H and O–H groups in total. The summed E-state index contributed by atoms with van der Waals surface area (Å²) in [6.07, 6.45) is 9.42. The van der Waals surface area contributed by atoms with Gasteiger partial charge >= 0.3 is 0 Å². The maximum Gasteiger partial charge on any atom is 0.271 e. The monoisotopic (exact) mass is 281 g/mol. The second kappa shape index (κ2) is 7.33. The van der Waals surface area contributed by atoms with Crippen molar-refractivity contribution in [1.29, 1.82) is 0 Å². The molecule has 0 radical (unpaired) electrons. The van der Waals surface area contributed by atoms with Crippen molar-refractivity contribution in [3.63, 3.8) is 0 Å². The highest BCUT2D eigenvalue weighted by molar-refractivity contribution is 5.91. The maximum absolute atomic E-state index is 11.7. The molecule has 0 aliphatic carbocycles. The predicted octanol–water partition coefficient (Wildman–Crippen LogP) is 2.93. The Balaban J connectivity index is 1.78. The van der Waals surface area contributed by atoms with Crippen LogP contribution in [0, 0.1) is 13.8 Å². The lowest BCUT2D eigenvalue weighted by Crippen LogP contribution is -2.25. The summed E-state index contributed by atoms with van der Waals surface area (Å²) in [5.41, 5.74) is 4.10. The molecule has 0 saturated heterocycles. The number of carbonyl (C=O) groups is 1. The SMILES string of the molecule is Cc1ccc(/C=C/CCNC(=O)c2cnccn2)cc1C. The van der Waals surface area contributed by atoms with Crippen LogP contribution in [0.3, 0.4) is 0 Å². The summed E-state index contributed by atoms with van der Waals surface area (Å²) in [5.74, 6) is -0.192. The first-order chi connectivity index (χ1) is 10.2. The predicted molar refractivity (Wildman–Crippen MR) is 83.9 cm³/mol. The lowest BCUT2D eigenvalue weighted by molar-refractivity contribution is 0.0949.